The molecule has 2 rings (SSSR count). The van der Waals surface area contributed by atoms with E-state index in [4.69, 9.17) is 0 Å². The summed E-state index contributed by atoms with van der Waals surface area (Å²) in [5.74, 6) is 2.92. The molecule has 2 aliphatic rings. The topological polar surface area (TPSA) is 3.24 Å². The summed E-state index contributed by atoms with van der Waals surface area (Å²) in [5.41, 5.74) is 0.780. The van der Waals surface area contributed by atoms with Gasteiger partial charge in [-0.3, -0.25) is 0 Å². The fraction of sp³-hybridized carbons (Fsp3) is 1.00. The fourth-order valence-electron chi connectivity index (χ4n) is 4.70. The molecule has 118 valence electrons. The van der Waals surface area contributed by atoms with Crippen LogP contribution in [0.3, 0.4) is 0 Å². The van der Waals surface area contributed by atoms with Gasteiger partial charge in [0.25, 0.3) is 0 Å². The van der Waals surface area contributed by atoms with Crippen LogP contribution in [-0.4, -0.2) is 24.5 Å². The highest BCUT2D eigenvalue weighted by Crippen LogP contribution is 2.54. The molecule has 1 aliphatic heterocycles. The quantitative estimate of drug-likeness (QED) is 0.607. The van der Waals surface area contributed by atoms with Gasteiger partial charge < -0.3 is 4.90 Å². The summed E-state index contributed by atoms with van der Waals surface area (Å²) in [6, 6.07) is 0. The minimum atomic E-state index is 0.780. The first-order valence-corrected chi connectivity index (χ1v) is 9.29. The monoisotopic (exact) mass is 279 g/mol. The molecule has 20 heavy (non-hydrogen) atoms. The summed E-state index contributed by atoms with van der Waals surface area (Å²) in [4.78, 5) is 2.73. The first-order valence-electron chi connectivity index (χ1n) is 9.29. The van der Waals surface area contributed by atoms with E-state index in [2.05, 4.69) is 32.6 Å². The van der Waals surface area contributed by atoms with Crippen molar-refractivity contribution in [1.82, 2.24) is 4.90 Å². The van der Waals surface area contributed by atoms with Crippen LogP contribution in [0.15, 0.2) is 0 Å². The Morgan fingerprint density at radius 3 is 2.25 bits per heavy atom. The van der Waals surface area contributed by atoms with Crippen LogP contribution in [0.2, 0.25) is 0 Å². The molecule has 1 spiro atoms. The van der Waals surface area contributed by atoms with Gasteiger partial charge >= 0.3 is 0 Å². The lowest BCUT2D eigenvalue weighted by Gasteiger charge is -2.53. The smallest absolute Gasteiger partial charge is 0.000692 e. The van der Waals surface area contributed by atoms with Crippen LogP contribution in [0.25, 0.3) is 0 Å². The Bertz CT molecular complexity index is 269. The van der Waals surface area contributed by atoms with Crippen molar-refractivity contribution in [2.75, 3.05) is 19.6 Å². The fourth-order valence-corrected chi connectivity index (χ4v) is 4.70. The predicted molar refractivity (Wildman–Crippen MR) is 89.0 cm³/mol. The Labute approximate surface area is 127 Å². The molecule has 1 heterocycles. The summed E-state index contributed by atoms with van der Waals surface area (Å²) in [6.45, 7) is 13.6. The Hall–Kier alpha value is -0.0400. The second-order valence-electron chi connectivity index (χ2n) is 8.22. The van der Waals surface area contributed by atoms with E-state index in [9.17, 15) is 0 Å². The highest BCUT2D eigenvalue weighted by Gasteiger charge is 2.45. The summed E-state index contributed by atoms with van der Waals surface area (Å²) < 4.78 is 0. The molecule has 1 saturated heterocycles. The van der Waals surface area contributed by atoms with E-state index in [1.54, 1.807) is 12.8 Å². The molecule has 0 amide bonds. The molecule has 1 saturated carbocycles. The van der Waals surface area contributed by atoms with Gasteiger partial charge in [-0.05, 0) is 68.4 Å². The molecule has 2 unspecified atom stereocenters. The SMILES string of the molecule is CCCC(C)CC1CC2(CCN(CC(C)CC)CC2)C1. The predicted octanol–water partition coefficient (Wildman–Crippen LogP) is 5.35. The van der Waals surface area contributed by atoms with E-state index in [0.29, 0.717) is 0 Å². The number of rotatable bonds is 7. The Morgan fingerprint density at radius 2 is 1.70 bits per heavy atom. The maximum Gasteiger partial charge on any atom is 0.000692 e. The molecule has 1 nitrogen and oxygen atoms in total. The van der Waals surface area contributed by atoms with Crippen molar-refractivity contribution in [3.8, 4) is 0 Å². The average Bonchev–Trinajstić information content (AvgIpc) is 2.39. The van der Waals surface area contributed by atoms with Gasteiger partial charge in [-0.2, -0.15) is 0 Å². The van der Waals surface area contributed by atoms with Gasteiger partial charge in [0.05, 0.1) is 0 Å². The molecular weight excluding hydrogens is 242 g/mol. The van der Waals surface area contributed by atoms with Crippen molar-refractivity contribution >= 4 is 0 Å². The van der Waals surface area contributed by atoms with Crippen LogP contribution < -0.4 is 0 Å². The summed E-state index contributed by atoms with van der Waals surface area (Å²) in [6.07, 6.45) is 11.7. The van der Waals surface area contributed by atoms with Crippen molar-refractivity contribution in [3.63, 3.8) is 0 Å². The standard InChI is InChI=1S/C19H37N/c1-5-7-17(4)12-18-13-19(14-18)8-10-20(11-9-19)15-16(3)6-2/h16-18H,5-15H2,1-4H3. The molecule has 2 atom stereocenters. The van der Waals surface area contributed by atoms with E-state index in [0.717, 1.165) is 23.2 Å². The molecule has 1 heteroatoms. The van der Waals surface area contributed by atoms with Crippen LogP contribution >= 0.6 is 0 Å². The minimum Gasteiger partial charge on any atom is -0.303 e. The number of piperidine rings is 1. The number of likely N-dealkylation sites (tertiary alicyclic amines) is 1. The highest BCUT2D eigenvalue weighted by molar-refractivity contribution is 4.97. The van der Waals surface area contributed by atoms with Crippen LogP contribution in [0.4, 0.5) is 0 Å². The van der Waals surface area contributed by atoms with E-state index in [1.807, 2.05) is 0 Å². The first-order chi connectivity index (χ1) is 9.57. The molecule has 0 aromatic rings. The molecule has 0 bridgehead atoms. The maximum absolute atomic E-state index is 2.73. The molecular formula is C19H37N. The minimum absolute atomic E-state index is 0.780. The van der Waals surface area contributed by atoms with E-state index >= 15 is 0 Å². The lowest BCUT2D eigenvalue weighted by molar-refractivity contribution is -0.0240. The van der Waals surface area contributed by atoms with Crippen molar-refractivity contribution in [2.24, 2.45) is 23.2 Å². The van der Waals surface area contributed by atoms with Crippen molar-refractivity contribution in [2.45, 2.75) is 79.1 Å². The Kier molecular flexibility index (Phi) is 5.95. The Balaban J connectivity index is 1.65. The van der Waals surface area contributed by atoms with Gasteiger partial charge in [0.1, 0.15) is 0 Å². The van der Waals surface area contributed by atoms with Gasteiger partial charge in [-0.15, -0.1) is 0 Å². The third-order valence-electron chi connectivity index (χ3n) is 6.14. The second kappa shape index (κ2) is 7.29. The highest BCUT2D eigenvalue weighted by atomic mass is 15.1. The maximum atomic E-state index is 2.73. The van der Waals surface area contributed by atoms with Crippen molar-refractivity contribution < 1.29 is 0 Å². The zero-order valence-electron chi connectivity index (χ0n) is 14.5. The third kappa shape index (κ3) is 4.23. The molecule has 0 aromatic heterocycles. The first kappa shape index (κ1) is 16.3. The van der Waals surface area contributed by atoms with Gasteiger partial charge in [0, 0.05) is 6.54 Å². The summed E-state index contributed by atoms with van der Waals surface area (Å²) in [7, 11) is 0. The van der Waals surface area contributed by atoms with Gasteiger partial charge in [-0.25, -0.2) is 0 Å². The Morgan fingerprint density at radius 1 is 1.05 bits per heavy atom. The molecule has 0 N–H and O–H groups in total. The van der Waals surface area contributed by atoms with Crippen molar-refractivity contribution in [1.29, 1.82) is 0 Å². The molecule has 1 aliphatic carbocycles. The van der Waals surface area contributed by atoms with Gasteiger partial charge in [0.15, 0.2) is 0 Å². The second-order valence-corrected chi connectivity index (χ2v) is 8.22. The normalized spacial score (nSPS) is 26.4. The van der Waals surface area contributed by atoms with E-state index in [1.165, 1.54) is 58.2 Å². The lowest BCUT2D eigenvalue weighted by Crippen LogP contribution is -2.48. The third-order valence-corrected chi connectivity index (χ3v) is 6.14. The van der Waals surface area contributed by atoms with E-state index < -0.39 is 0 Å². The van der Waals surface area contributed by atoms with E-state index in [-0.39, 0.29) is 0 Å². The van der Waals surface area contributed by atoms with Gasteiger partial charge in [-0.1, -0.05) is 47.0 Å². The lowest BCUT2D eigenvalue weighted by atomic mass is 9.56. The number of nitrogens with zero attached hydrogens (tertiary/aromatic N) is 1. The van der Waals surface area contributed by atoms with Crippen molar-refractivity contribution in [3.05, 3.63) is 0 Å². The summed E-state index contributed by atoms with van der Waals surface area (Å²) in [5, 5.41) is 0. The molecule has 0 aromatic carbocycles. The number of hydrogen-bond acceptors (Lipinski definition) is 1. The van der Waals surface area contributed by atoms with Gasteiger partial charge in [0.2, 0.25) is 0 Å². The largest absolute Gasteiger partial charge is 0.303 e. The zero-order valence-corrected chi connectivity index (χ0v) is 14.5. The van der Waals surface area contributed by atoms with Crippen LogP contribution in [0, 0.1) is 23.2 Å². The van der Waals surface area contributed by atoms with Crippen LogP contribution in [0.1, 0.15) is 79.1 Å². The van der Waals surface area contributed by atoms with Crippen LogP contribution in [0.5, 0.6) is 0 Å². The zero-order chi connectivity index (χ0) is 14.6. The molecule has 0 radical (unpaired) electrons. The number of hydrogen-bond donors (Lipinski definition) is 0. The summed E-state index contributed by atoms with van der Waals surface area (Å²) >= 11 is 0. The average molecular weight is 280 g/mol. The van der Waals surface area contributed by atoms with Crippen LogP contribution in [-0.2, 0) is 0 Å². The molecule has 2 fully saturated rings.